The van der Waals surface area contributed by atoms with Crippen molar-refractivity contribution in [3.05, 3.63) is 94.2 Å². The first-order valence-electron chi connectivity index (χ1n) is 13.6. The summed E-state index contributed by atoms with van der Waals surface area (Å²) in [6.07, 6.45) is 2.96. The molecule has 4 aromatic rings. The molecule has 5 rings (SSSR count). The summed E-state index contributed by atoms with van der Waals surface area (Å²) in [5.41, 5.74) is 4.86. The topological polar surface area (TPSA) is 82.7 Å². The van der Waals surface area contributed by atoms with Gasteiger partial charge in [-0.15, -0.1) is 0 Å². The smallest absolute Gasteiger partial charge is 0.277 e. The Morgan fingerprint density at radius 2 is 1.59 bits per heavy atom. The van der Waals surface area contributed by atoms with Crippen molar-refractivity contribution in [3.63, 3.8) is 0 Å². The maximum Gasteiger partial charge on any atom is 0.277 e. The zero-order valence-electron chi connectivity index (χ0n) is 22.5. The highest BCUT2D eigenvalue weighted by molar-refractivity contribution is 5.68. The van der Waals surface area contributed by atoms with Crippen LogP contribution in [0.5, 0.6) is 11.5 Å². The highest BCUT2D eigenvalue weighted by Gasteiger charge is 2.26. The van der Waals surface area contributed by atoms with E-state index in [4.69, 9.17) is 14.5 Å². The Kier molecular flexibility index (Phi) is 8.22. The summed E-state index contributed by atoms with van der Waals surface area (Å²) in [6, 6.07) is 23.8. The van der Waals surface area contributed by atoms with Crippen LogP contribution >= 0.6 is 0 Å². The predicted molar refractivity (Wildman–Crippen MR) is 152 cm³/mol. The molecule has 3 aromatic carbocycles. The van der Waals surface area contributed by atoms with Crippen molar-refractivity contribution in [1.29, 1.82) is 0 Å². The Labute approximate surface area is 229 Å². The van der Waals surface area contributed by atoms with Gasteiger partial charge in [-0.3, -0.25) is 15.0 Å². The largest absolute Gasteiger partial charge is 0.454 e. The van der Waals surface area contributed by atoms with Crippen LogP contribution in [0.1, 0.15) is 44.4 Å². The van der Waals surface area contributed by atoms with E-state index in [9.17, 15) is 10.1 Å². The summed E-state index contributed by atoms with van der Waals surface area (Å²) in [4.78, 5) is 19.1. The molecular weight excluding hydrogens is 492 g/mol. The molecule has 0 aliphatic carbocycles. The van der Waals surface area contributed by atoms with Gasteiger partial charge in [0.2, 0.25) is 6.79 Å². The molecule has 2 heterocycles. The fourth-order valence-corrected chi connectivity index (χ4v) is 5.06. The van der Waals surface area contributed by atoms with Crippen molar-refractivity contribution < 1.29 is 14.4 Å². The van der Waals surface area contributed by atoms with Gasteiger partial charge in [0, 0.05) is 36.3 Å². The molecule has 0 bridgehead atoms. The van der Waals surface area contributed by atoms with Crippen LogP contribution in [0.15, 0.2) is 72.8 Å². The standard InChI is InChI=1S/C31H34N4O4/c1-3-5-17-33(20-25-18-28-29(39-22-38-28)19-26(25)35(36)37)21-27-30(23-12-8-6-9-13-23)32-31(34(27)16-4-2)24-14-10-7-11-15-24/h6-15,18-19H,3-5,16-17,20-22H2,1-2H3. The van der Waals surface area contributed by atoms with Crippen LogP contribution in [0.4, 0.5) is 5.69 Å². The number of nitrogens with zero attached hydrogens (tertiary/aromatic N) is 4. The van der Waals surface area contributed by atoms with E-state index in [1.165, 1.54) is 6.07 Å². The van der Waals surface area contributed by atoms with Gasteiger partial charge in [0.05, 0.1) is 22.4 Å². The number of hydrogen-bond donors (Lipinski definition) is 0. The molecule has 8 nitrogen and oxygen atoms in total. The second kappa shape index (κ2) is 12.1. The first kappa shape index (κ1) is 26.4. The van der Waals surface area contributed by atoms with Gasteiger partial charge in [-0.1, -0.05) is 80.9 Å². The second-order valence-electron chi connectivity index (χ2n) is 9.77. The molecule has 0 fully saturated rings. The third-order valence-electron chi connectivity index (χ3n) is 6.96. The molecule has 8 heteroatoms. The Hall–Kier alpha value is -4.17. The Bertz CT molecular complexity index is 1420. The van der Waals surface area contributed by atoms with Crippen LogP contribution < -0.4 is 9.47 Å². The first-order valence-corrected chi connectivity index (χ1v) is 13.6. The number of fused-ring (bicyclic) bond motifs is 1. The SMILES string of the molecule is CCCCN(Cc1cc2c(cc1[N+](=O)[O-])OCO2)Cc1c(-c2ccccc2)nc(-c2ccccc2)n1CCC. The molecule has 1 aromatic heterocycles. The van der Waals surface area contributed by atoms with Gasteiger partial charge in [-0.25, -0.2) is 4.98 Å². The molecule has 0 spiro atoms. The lowest BCUT2D eigenvalue weighted by atomic mass is 10.1. The number of nitro benzene ring substituents is 1. The summed E-state index contributed by atoms with van der Waals surface area (Å²) < 4.78 is 13.3. The highest BCUT2D eigenvalue weighted by Crippen LogP contribution is 2.39. The number of imidazole rings is 1. The molecule has 1 aliphatic rings. The lowest BCUT2D eigenvalue weighted by molar-refractivity contribution is -0.385. The molecule has 202 valence electrons. The molecule has 0 unspecified atom stereocenters. The molecular formula is C31H34N4O4. The number of rotatable bonds is 12. The van der Waals surface area contributed by atoms with Crippen LogP contribution in [0, 0.1) is 10.1 Å². The van der Waals surface area contributed by atoms with Crippen molar-refractivity contribution >= 4 is 5.69 Å². The molecule has 0 amide bonds. The number of aromatic nitrogens is 2. The van der Waals surface area contributed by atoms with E-state index in [-0.39, 0.29) is 17.4 Å². The maximum absolute atomic E-state index is 12.0. The quantitative estimate of drug-likeness (QED) is 0.145. The average molecular weight is 527 g/mol. The summed E-state index contributed by atoms with van der Waals surface area (Å²) in [5.74, 6) is 1.92. The Balaban J connectivity index is 1.59. The monoisotopic (exact) mass is 526 g/mol. The Morgan fingerprint density at radius 1 is 0.923 bits per heavy atom. The average Bonchev–Trinajstić information content (AvgIpc) is 3.56. The molecule has 0 atom stereocenters. The molecule has 1 aliphatic heterocycles. The van der Waals surface area contributed by atoms with Crippen molar-refractivity contribution in [1.82, 2.24) is 14.5 Å². The second-order valence-corrected chi connectivity index (χ2v) is 9.77. The van der Waals surface area contributed by atoms with E-state index in [2.05, 4.69) is 47.6 Å². The molecule has 39 heavy (non-hydrogen) atoms. The summed E-state index contributed by atoms with van der Waals surface area (Å²) in [5, 5.41) is 12.0. The predicted octanol–water partition coefficient (Wildman–Crippen LogP) is 7.07. The van der Waals surface area contributed by atoms with Crippen LogP contribution in [0.25, 0.3) is 22.6 Å². The van der Waals surface area contributed by atoms with Crippen molar-refractivity contribution in [2.75, 3.05) is 13.3 Å². The first-order chi connectivity index (χ1) is 19.1. The summed E-state index contributed by atoms with van der Waals surface area (Å²) >= 11 is 0. The van der Waals surface area contributed by atoms with Crippen LogP contribution in [-0.2, 0) is 19.6 Å². The lowest BCUT2D eigenvalue weighted by Gasteiger charge is -2.24. The summed E-state index contributed by atoms with van der Waals surface area (Å²) in [6.45, 7) is 7.06. The van der Waals surface area contributed by atoms with E-state index in [0.717, 1.165) is 60.7 Å². The minimum Gasteiger partial charge on any atom is -0.454 e. The number of nitro groups is 1. The van der Waals surface area contributed by atoms with Gasteiger partial charge < -0.3 is 14.0 Å². The van der Waals surface area contributed by atoms with Crippen molar-refractivity contribution in [3.8, 4) is 34.1 Å². The van der Waals surface area contributed by atoms with Crippen molar-refractivity contribution in [2.45, 2.75) is 52.7 Å². The Morgan fingerprint density at radius 3 is 2.23 bits per heavy atom. The normalized spacial score (nSPS) is 12.3. The minimum absolute atomic E-state index is 0.0519. The summed E-state index contributed by atoms with van der Waals surface area (Å²) in [7, 11) is 0. The zero-order chi connectivity index (χ0) is 27.2. The van der Waals surface area contributed by atoms with Gasteiger partial charge >= 0.3 is 0 Å². The molecule has 0 radical (unpaired) electrons. The van der Waals surface area contributed by atoms with E-state index >= 15 is 0 Å². The van der Waals surface area contributed by atoms with Crippen LogP contribution in [0.3, 0.4) is 0 Å². The van der Waals surface area contributed by atoms with E-state index < -0.39 is 0 Å². The van der Waals surface area contributed by atoms with Gasteiger partial charge in [0.1, 0.15) is 5.82 Å². The van der Waals surface area contributed by atoms with Crippen molar-refractivity contribution in [2.24, 2.45) is 0 Å². The fourth-order valence-electron chi connectivity index (χ4n) is 5.06. The van der Waals surface area contributed by atoms with Crippen LogP contribution in [0.2, 0.25) is 0 Å². The molecule has 0 saturated carbocycles. The van der Waals surface area contributed by atoms with Gasteiger partial charge in [0.15, 0.2) is 11.5 Å². The third-order valence-corrected chi connectivity index (χ3v) is 6.96. The van der Waals surface area contributed by atoms with Gasteiger partial charge in [-0.05, 0) is 25.5 Å². The number of benzene rings is 3. The number of unbranched alkanes of at least 4 members (excludes halogenated alkanes) is 1. The number of ether oxygens (including phenoxy) is 2. The van der Waals surface area contributed by atoms with Gasteiger partial charge in [-0.2, -0.15) is 0 Å². The van der Waals surface area contributed by atoms with Crippen LogP contribution in [-0.4, -0.2) is 32.7 Å². The van der Waals surface area contributed by atoms with E-state index in [1.807, 2.05) is 36.4 Å². The van der Waals surface area contributed by atoms with E-state index in [0.29, 0.717) is 30.2 Å². The highest BCUT2D eigenvalue weighted by atomic mass is 16.7. The third kappa shape index (κ3) is 5.81. The molecule has 0 saturated heterocycles. The number of hydrogen-bond acceptors (Lipinski definition) is 6. The zero-order valence-corrected chi connectivity index (χ0v) is 22.5. The maximum atomic E-state index is 12.0. The molecule has 0 N–H and O–H groups in total. The van der Waals surface area contributed by atoms with Gasteiger partial charge in [0.25, 0.3) is 5.69 Å². The minimum atomic E-state index is -0.334. The van der Waals surface area contributed by atoms with E-state index in [1.54, 1.807) is 6.07 Å². The lowest BCUT2D eigenvalue weighted by Crippen LogP contribution is -2.26. The fraction of sp³-hybridized carbons (Fsp3) is 0.323.